The van der Waals surface area contributed by atoms with Gasteiger partial charge in [0.05, 0.1) is 0 Å². The van der Waals surface area contributed by atoms with Crippen molar-refractivity contribution in [2.45, 2.75) is 322 Å². The molecule has 1 atom stereocenters. The second kappa shape index (κ2) is 68.3. The van der Waals surface area contributed by atoms with Crippen LogP contribution in [-0.4, -0.2) is 37.2 Å². The zero-order valence-electron chi connectivity index (χ0n) is 53.0. The molecule has 0 amide bonds. The number of allylic oxidation sites excluding steroid dienone is 20. The molecule has 0 fully saturated rings. The third kappa shape index (κ3) is 66.5. The predicted molar refractivity (Wildman–Crippen MR) is 353 cm³/mol. The van der Waals surface area contributed by atoms with Gasteiger partial charge in [-0.05, 0) is 116 Å². The molecule has 0 aliphatic heterocycles. The van der Waals surface area contributed by atoms with E-state index in [0.717, 1.165) is 96.3 Å². The number of unbranched alkanes of at least 4 members (excludes halogenated alkanes) is 30. The van der Waals surface area contributed by atoms with Gasteiger partial charge in [0.15, 0.2) is 6.10 Å². The Morgan fingerprint density at radius 3 is 0.827 bits per heavy atom. The van der Waals surface area contributed by atoms with Crippen LogP contribution in [0.2, 0.25) is 0 Å². The lowest BCUT2D eigenvalue weighted by Gasteiger charge is -2.18. The standard InChI is InChI=1S/C75H126O6/c1-4-7-10-13-16-19-22-25-27-29-31-33-34-35-36-37-38-39-40-42-43-45-47-50-53-56-59-62-65-68-74(77)80-71-72(70-79-73(76)67-64-61-58-55-52-49-24-21-18-15-12-9-6-3)81-75(78)69-66-63-60-57-54-51-48-46-44-41-32-30-28-26-23-20-17-14-11-8-5-2/h7,9-10,12,16,18-19,21,23,25-27,30-33,49,52,58,61,72H,4-6,8,11,13-15,17,20,22,24,28-29,34-48,50-51,53-57,59-60,62-71H2,1-3H3/b10-7-,12-9-,19-16-,21-18-,26-23-,27-25-,32-30-,33-31-,52-49-,61-58-. The Balaban J connectivity index is 4.29. The van der Waals surface area contributed by atoms with E-state index in [1.807, 2.05) is 6.08 Å². The van der Waals surface area contributed by atoms with Crippen LogP contribution < -0.4 is 0 Å². The van der Waals surface area contributed by atoms with Crippen LogP contribution in [0.3, 0.4) is 0 Å². The normalized spacial score (nSPS) is 12.9. The highest BCUT2D eigenvalue weighted by Crippen LogP contribution is 2.17. The fourth-order valence-electron chi connectivity index (χ4n) is 9.42. The van der Waals surface area contributed by atoms with Gasteiger partial charge in [-0.25, -0.2) is 0 Å². The van der Waals surface area contributed by atoms with E-state index in [9.17, 15) is 14.4 Å². The summed E-state index contributed by atoms with van der Waals surface area (Å²) in [5, 5.41) is 0. The number of rotatable bonds is 61. The van der Waals surface area contributed by atoms with E-state index in [2.05, 4.69) is 136 Å². The lowest BCUT2D eigenvalue weighted by molar-refractivity contribution is -0.166. The first-order chi connectivity index (χ1) is 40.0. The van der Waals surface area contributed by atoms with Gasteiger partial charge in [-0.2, -0.15) is 0 Å². The number of carbonyl (C=O) groups is 3. The van der Waals surface area contributed by atoms with Crippen LogP contribution in [0.25, 0.3) is 0 Å². The Morgan fingerprint density at radius 2 is 0.506 bits per heavy atom. The first-order valence-electron chi connectivity index (χ1n) is 34.0. The van der Waals surface area contributed by atoms with Gasteiger partial charge < -0.3 is 14.2 Å². The van der Waals surface area contributed by atoms with Crippen molar-refractivity contribution in [3.05, 3.63) is 122 Å². The maximum Gasteiger partial charge on any atom is 0.306 e. The molecule has 0 heterocycles. The Hall–Kier alpha value is -4.19. The van der Waals surface area contributed by atoms with Crippen LogP contribution in [0.1, 0.15) is 316 Å². The van der Waals surface area contributed by atoms with Gasteiger partial charge in [-0.1, -0.05) is 303 Å². The molecule has 0 aromatic rings. The van der Waals surface area contributed by atoms with E-state index in [4.69, 9.17) is 14.2 Å². The molecule has 0 aliphatic rings. The lowest BCUT2D eigenvalue weighted by atomic mass is 10.0. The maximum absolute atomic E-state index is 12.9. The molecule has 0 aromatic carbocycles. The SMILES string of the molecule is CC/C=C\C/C=C\C/C=C\C/C=C\CCCCCCCCCCCCCCCCCCC(=O)OCC(COC(=O)CC/C=C\C/C=C\C/C=C\C/C=C\CC)OC(=O)CCCCCCCCCCC/C=C\C/C=C\CCCCCCC. The summed E-state index contributed by atoms with van der Waals surface area (Å²) in [5.74, 6) is -0.982. The van der Waals surface area contributed by atoms with Crippen molar-refractivity contribution in [1.82, 2.24) is 0 Å². The molecule has 6 nitrogen and oxygen atoms in total. The van der Waals surface area contributed by atoms with Crippen molar-refractivity contribution < 1.29 is 28.6 Å². The van der Waals surface area contributed by atoms with Gasteiger partial charge >= 0.3 is 17.9 Å². The van der Waals surface area contributed by atoms with E-state index in [-0.39, 0.29) is 37.5 Å². The van der Waals surface area contributed by atoms with Crippen molar-refractivity contribution in [3.63, 3.8) is 0 Å². The van der Waals surface area contributed by atoms with Crippen molar-refractivity contribution in [2.75, 3.05) is 13.2 Å². The topological polar surface area (TPSA) is 78.9 Å². The van der Waals surface area contributed by atoms with Gasteiger partial charge in [0, 0.05) is 19.3 Å². The van der Waals surface area contributed by atoms with E-state index < -0.39 is 6.10 Å². The summed E-state index contributed by atoms with van der Waals surface area (Å²) in [6, 6.07) is 0. The van der Waals surface area contributed by atoms with Crippen molar-refractivity contribution in [2.24, 2.45) is 0 Å². The van der Waals surface area contributed by atoms with E-state index >= 15 is 0 Å². The van der Waals surface area contributed by atoms with Crippen molar-refractivity contribution in [1.29, 1.82) is 0 Å². The minimum Gasteiger partial charge on any atom is -0.462 e. The molecule has 0 aliphatic carbocycles. The van der Waals surface area contributed by atoms with Crippen molar-refractivity contribution in [3.8, 4) is 0 Å². The molecule has 1 unspecified atom stereocenters. The smallest absolute Gasteiger partial charge is 0.306 e. The molecule has 0 saturated carbocycles. The molecule has 462 valence electrons. The zero-order chi connectivity index (χ0) is 58.5. The summed E-state index contributed by atoms with van der Waals surface area (Å²) < 4.78 is 16.9. The van der Waals surface area contributed by atoms with Gasteiger partial charge in [-0.15, -0.1) is 0 Å². The second-order valence-corrected chi connectivity index (χ2v) is 22.3. The monoisotopic (exact) mass is 1120 g/mol. The average Bonchev–Trinajstić information content (AvgIpc) is 3.46. The lowest BCUT2D eigenvalue weighted by Crippen LogP contribution is -2.30. The maximum atomic E-state index is 12.9. The third-order valence-corrected chi connectivity index (χ3v) is 14.4. The molecule has 0 rings (SSSR count). The van der Waals surface area contributed by atoms with Crippen LogP contribution in [0.5, 0.6) is 0 Å². The molecular weight excluding hydrogens is 997 g/mol. The minimum absolute atomic E-state index is 0.102. The molecule has 0 aromatic heterocycles. The predicted octanol–water partition coefficient (Wildman–Crippen LogP) is 23.6. The first-order valence-corrected chi connectivity index (χ1v) is 34.0. The third-order valence-electron chi connectivity index (χ3n) is 14.4. The number of carbonyl (C=O) groups excluding carboxylic acids is 3. The second-order valence-electron chi connectivity index (χ2n) is 22.3. The van der Waals surface area contributed by atoms with Crippen LogP contribution in [0, 0.1) is 0 Å². The number of esters is 3. The van der Waals surface area contributed by atoms with Crippen LogP contribution in [-0.2, 0) is 28.6 Å². The molecule has 0 saturated heterocycles. The van der Waals surface area contributed by atoms with E-state index in [0.29, 0.717) is 19.3 Å². The zero-order valence-corrected chi connectivity index (χ0v) is 53.0. The number of hydrogen-bond donors (Lipinski definition) is 0. The first kappa shape index (κ1) is 76.8. The Labute approximate surface area is 501 Å². The number of ether oxygens (including phenoxy) is 3. The minimum atomic E-state index is -0.812. The molecule has 0 N–H and O–H groups in total. The molecule has 0 spiro atoms. The largest absolute Gasteiger partial charge is 0.462 e. The van der Waals surface area contributed by atoms with Crippen molar-refractivity contribution >= 4 is 17.9 Å². The van der Waals surface area contributed by atoms with E-state index in [1.54, 1.807) is 0 Å². The Kier molecular flexibility index (Phi) is 64.8. The van der Waals surface area contributed by atoms with Crippen LogP contribution in [0.15, 0.2) is 122 Å². The fraction of sp³-hybridized carbons (Fsp3) is 0.693. The summed E-state index contributed by atoms with van der Waals surface area (Å²) in [6.07, 6.45) is 95.3. The van der Waals surface area contributed by atoms with Crippen LogP contribution in [0.4, 0.5) is 0 Å². The quantitative estimate of drug-likeness (QED) is 0.0261. The Morgan fingerprint density at radius 1 is 0.259 bits per heavy atom. The van der Waals surface area contributed by atoms with Gasteiger partial charge in [0.25, 0.3) is 0 Å². The van der Waals surface area contributed by atoms with Crippen LogP contribution >= 0.6 is 0 Å². The number of hydrogen-bond acceptors (Lipinski definition) is 6. The highest BCUT2D eigenvalue weighted by molar-refractivity contribution is 5.71. The summed E-state index contributed by atoms with van der Waals surface area (Å²) in [7, 11) is 0. The highest BCUT2D eigenvalue weighted by Gasteiger charge is 2.19. The average molecular weight is 1120 g/mol. The van der Waals surface area contributed by atoms with E-state index in [1.165, 1.54) is 173 Å². The highest BCUT2D eigenvalue weighted by atomic mass is 16.6. The summed E-state index contributed by atoms with van der Waals surface area (Å²) in [5.41, 5.74) is 0. The van der Waals surface area contributed by atoms with Gasteiger partial charge in [-0.3, -0.25) is 14.4 Å². The summed E-state index contributed by atoms with van der Waals surface area (Å²) in [6.45, 7) is 6.36. The molecule has 0 radical (unpaired) electrons. The molecule has 0 bridgehead atoms. The van der Waals surface area contributed by atoms with Gasteiger partial charge in [0.2, 0.25) is 0 Å². The van der Waals surface area contributed by atoms with Gasteiger partial charge in [0.1, 0.15) is 13.2 Å². The molecule has 6 heteroatoms. The Bertz CT molecular complexity index is 1670. The summed E-state index contributed by atoms with van der Waals surface area (Å²) in [4.78, 5) is 38.3. The fourth-order valence-corrected chi connectivity index (χ4v) is 9.42. The molecule has 81 heavy (non-hydrogen) atoms. The molecular formula is C75H126O6. The summed E-state index contributed by atoms with van der Waals surface area (Å²) >= 11 is 0.